The molecule has 0 N–H and O–H groups in total. The number of hydrogen-bond acceptors (Lipinski definition) is 3. The van der Waals surface area contributed by atoms with Gasteiger partial charge < -0.3 is 9.47 Å². The largest absolute Gasteiger partial charge is 0.350 e. The van der Waals surface area contributed by atoms with Gasteiger partial charge in [0.15, 0.2) is 6.29 Å². The highest BCUT2D eigenvalue weighted by Gasteiger charge is 2.17. The molecule has 3 heteroatoms. The van der Waals surface area contributed by atoms with E-state index >= 15 is 0 Å². The van der Waals surface area contributed by atoms with Crippen molar-refractivity contribution in [3.05, 3.63) is 35.9 Å². The number of likely N-dealkylation sites (N-methyl/N-ethyl adjacent to an activating group) is 1. The van der Waals surface area contributed by atoms with Crippen LogP contribution in [0, 0.1) is 0 Å². The zero-order valence-corrected chi connectivity index (χ0v) is 9.06. The monoisotopic (exact) mass is 207 g/mol. The van der Waals surface area contributed by atoms with Crippen LogP contribution < -0.4 is 0 Å². The maximum atomic E-state index is 5.68. The van der Waals surface area contributed by atoms with Crippen LogP contribution in [0.1, 0.15) is 5.56 Å². The number of hydrogen-bond donors (Lipinski definition) is 0. The van der Waals surface area contributed by atoms with Crippen LogP contribution in [0.2, 0.25) is 0 Å². The molecule has 2 rings (SSSR count). The fraction of sp³-hybridized carbons (Fsp3) is 0.500. The summed E-state index contributed by atoms with van der Waals surface area (Å²) in [6.07, 6.45) is -0.0797. The van der Waals surface area contributed by atoms with E-state index < -0.39 is 0 Å². The van der Waals surface area contributed by atoms with Crippen molar-refractivity contribution in [3.63, 3.8) is 0 Å². The lowest BCUT2D eigenvalue weighted by molar-refractivity contribution is -0.181. The number of nitrogens with zero attached hydrogens (tertiary/aromatic N) is 1. The molecule has 0 aromatic heterocycles. The Balaban J connectivity index is 1.78. The minimum Gasteiger partial charge on any atom is -0.350 e. The number of benzene rings is 1. The highest BCUT2D eigenvalue weighted by atomic mass is 16.7. The molecular formula is C12H17NO2. The van der Waals surface area contributed by atoms with Crippen molar-refractivity contribution in [3.8, 4) is 0 Å². The van der Waals surface area contributed by atoms with E-state index in [-0.39, 0.29) is 6.29 Å². The Labute approximate surface area is 90.6 Å². The summed E-state index contributed by atoms with van der Waals surface area (Å²) in [5, 5.41) is 0. The van der Waals surface area contributed by atoms with Gasteiger partial charge in [-0.15, -0.1) is 0 Å². The molecule has 0 spiro atoms. The number of ether oxygens (including phenoxy) is 2. The highest BCUT2D eigenvalue weighted by Crippen LogP contribution is 2.08. The van der Waals surface area contributed by atoms with Gasteiger partial charge in [-0.2, -0.15) is 0 Å². The maximum Gasteiger partial charge on any atom is 0.170 e. The van der Waals surface area contributed by atoms with E-state index in [2.05, 4.69) is 24.1 Å². The quantitative estimate of drug-likeness (QED) is 0.749. The van der Waals surface area contributed by atoms with Gasteiger partial charge >= 0.3 is 0 Å². The first-order valence-electron chi connectivity index (χ1n) is 5.30. The predicted molar refractivity (Wildman–Crippen MR) is 58.5 cm³/mol. The topological polar surface area (TPSA) is 21.7 Å². The van der Waals surface area contributed by atoms with Crippen molar-refractivity contribution < 1.29 is 9.47 Å². The Bertz CT molecular complexity index is 289. The lowest BCUT2D eigenvalue weighted by atomic mass is 10.2. The van der Waals surface area contributed by atoms with E-state index in [0.29, 0.717) is 6.61 Å². The molecule has 15 heavy (non-hydrogen) atoms. The minimum atomic E-state index is -0.0797. The van der Waals surface area contributed by atoms with E-state index in [1.54, 1.807) is 0 Å². The molecule has 1 atom stereocenters. The van der Waals surface area contributed by atoms with Crippen LogP contribution in [0.3, 0.4) is 0 Å². The van der Waals surface area contributed by atoms with Gasteiger partial charge in [-0.1, -0.05) is 30.3 Å². The first kappa shape index (κ1) is 10.6. The van der Waals surface area contributed by atoms with Gasteiger partial charge in [0, 0.05) is 13.1 Å². The Hall–Kier alpha value is -0.900. The molecule has 1 aromatic rings. The van der Waals surface area contributed by atoms with Crippen LogP contribution in [-0.4, -0.2) is 37.9 Å². The first-order valence-corrected chi connectivity index (χ1v) is 5.30. The molecule has 1 aromatic carbocycles. The van der Waals surface area contributed by atoms with E-state index in [1.807, 2.05) is 18.2 Å². The molecule has 82 valence electrons. The van der Waals surface area contributed by atoms with Crippen molar-refractivity contribution in [2.75, 3.05) is 26.7 Å². The zero-order valence-electron chi connectivity index (χ0n) is 9.06. The van der Waals surface area contributed by atoms with Gasteiger partial charge in [0.05, 0.1) is 13.2 Å². The Morgan fingerprint density at radius 3 is 2.93 bits per heavy atom. The molecule has 0 radical (unpaired) electrons. The maximum absolute atomic E-state index is 5.68. The van der Waals surface area contributed by atoms with Crippen LogP contribution in [0.15, 0.2) is 30.3 Å². The van der Waals surface area contributed by atoms with E-state index in [1.165, 1.54) is 5.56 Å². The normalized spacial score (nSPS) is 22.9. The molecule has 1 heterocycles. The summed E-state index contributed by atoms with van der Waals surface area (Å²) in [5.74, 6) is 0. The van der Waals surface area contributed by atoms with Crippen molar-refractivity contribution in [2.45, 2.75) is 12.9 Å². The third-order valence-corrected chi connectivity index (χ3v) is 2.52. The molecule has 1 fully saturated rings. The second-order valence-electron chi connectivity index (χ2n) is 3.86. The van der Waals surface area contributed by atoms with Crippen LogP contribution in [-0.2, 0) is 16.1 Å². The van der Waals surface area contributed by atoms with E-state index in [4.69, 9.17) is 9.47 Å². The molecule has 1 unspecified atom stereocenters. The second kappa shape index (κ2) is 5.26. The molecule has 0 saturated carbocycles. The molecule has 3 nitrogen and oxygen atoms in total. The molecule has 1 saturated heterocycles. The average molecular weight is 207 g/mol. The summed E-state index contributed by atoms with van der Waals surface area (Å²) in [6, 6.07) is 10.2. The summed E-state index contributed by atoms with van der Waals surface area (Å²) in [4.78, 5) is 2.22. The van der Waals surface area contributed by atoms with Crippen molar-refractivity contribution >= 4 is 0 Å². The third-order valence-electron chi connectivity index (χ3n) is 2.52. The second-order valence-corrected chi connectivity index (χ2v) is 3.86. The fourth-order valence-corrected chi connectivity index (χ4v) is 1.60. The van der Waals surface area contributed by atoms with Gasteiger partial charge in [0.1, 0.15) is 0 Å². The molecule has 1 aliphatic rings. The number of morpholine rings is 1. The Morgan fingerprint density at radius 1 is 1.40 bits per heavy atom. The average Bonchev–Trinajstić information content (AvgIpc) is 2.28. The summed E-state index contributed by atoms with van der Waals surface area (Å²) in [7, 11) is 2.08. The van der Waals surface area contributed by atoms with E-state index in [0.717, 1.165) is 19.7 Å². The van der Waals surface area contributed by atoms with Crippen LogP contribution in [0.4, 0.5) is 0 Å². The van der Waals surface area contributed by atoms with Crippen molar-refractivity contribution in [2.24, 2.45) is 0 Å². The zero-order chi connectivity index (χ0) is 10.5. The lowest BCUT2D eigenvalue weighted by Crippen LogP contribution is -2.41. The molecule has 0 bridgehead atoms. The van der Waals surface area contributed by atoms with Gasteiger partial charge in [-0.05, 0) is 12.6 Å². The first-order chi connectivity index (χ1) is 7.34. The molecule has 1 aliphatic heterocycles. The summed E-state index contributed by atoms with van der Waals surface area (Å²) in [5.41, 5.74) is 1.19. The van der Waals surface area contributed by atoms with Gasteiger partial charge in [0.25, 0.3) is 0 Å². The summed E-state index contributed by atoms with van der Waals surface area (Å²) in [6.45, 7) is 3.23. The summed E-state index contributed by atoms with van der Waals surface area (Å²) < 4.78 is 11.2. The molecule has 0 amide bonds. The number of rotatable bonds is 3. The Kier molecular flexibility index (Phi) is 3.72. The molecule has 0 aliphatic carbocycles. The van der Waals surface area contributed by atoms with Crippen LogP contribution in [0.25, 0.3) is 0 Å². The predicted octanol–water partition coefficient (Wildman–Crippen LogP) is 1.49. The van der Waals surface area contributed by atoms with Gasteiger partial charge in [0.2, 0.25) is 0 Å². The van der Waals surface area contributed by atoms with Crippen LogP contribution >= 0.6 is 0 Å². The van der Waals surface area contributed by atoms with Gasteiger partial charge in [-0.3, -0.25) is 4.90 Å². The smallest absolute Gasteiger partial charge is 0.170 e. The summed E-state index contributed by atoms with van der Waals surface area (Å²) >= 11 is 0. The Morgan fingerprint density at radius 2 is 2.20 bits per heavy atom. The fourth-order valence-electron chi connectivity index (χ4n) is 1.60. The minimum absolute atomic E-state index is 0.0797. The third kappa shape index (κ3) is 3.30. The standard InChI is InChI=1S/C12H17NO2/c1-13-7-8-14-12(9-13)15-10-11-5-3-2-4-6-11/h2-6,12H,7-10H2,1H3. The SMILES string of the molecule is CN1CCOC(OCc2ccccc2)C1. The van der Waals surface area contributed by atoms with Crippen molar-refractivity contribution in [1.82, 2.24) is 4.90 Å². The van der Waals surface area contributed by atoms with E-state index in [9.17, 15) is 0 Å². The highest BCUT2D eigenvalue weighted by molar-refractivity contribution is 5.13. The van der Waals surface area contributed by atoms with Crippen LogP contribution in [0.5, 0.6) is 0 Å². The van der Waals surface area contributed by atoms with Gasteiger partial charge in [-0.25, -0.2) is 0 Å². The lowest BCUT2D eigenvalue weighted by Gasteiger charge is -2.29. The molecular weight excluding hydrogens is 190 g/mol. The van der Waals surface area contributed by atoms with Crippen molar-refractivity contribution in [1.29, 1.82) is 0 Å².